The summed E-state index contributed by atoms with van der Waals surface area (Å²) in [4.78, 5) is 24.1. The largest absolute Gasteiger partial charge is 0.289 e. The van der Waals surface area contributed by atoms with Crippen molar-refractivity contribution < 1.29 is 9.59 Å². The summed E-state index contributed by atoms with van der Waals surface area (Å²) in [6.45, 7) is 0. The van der Waals surface area contributed by atoms with E-state index in [0.717, 1.165) is 0 Å². The highest BCUT2D eigenvalue weighted by molar-refractivity contribution is 7.47. The normalized spacial score (nSPS) is 9.68. The maximum Gasteiger partial charge on any atom is 0.272 e. The minimum Gasteiger partial charge on any atom is -0.289 e. The zero-order valence-corrected chi connectivity index (χ0v) is 10.7. The number of carbonyl (C=O) groups is 2. The number of benzene rings is 2. The fourth-order valence-corrected chi connectivity index (χ4v) is 1.81. The van der Waals surface area contributed by atoms with Gasteiger partial charge in [0.1, 0.15) is 0 Å². The third-order valence-electron chi connectivity index (χ3n) is 2.60. The highest BCUT2D eigenvalue weighted by Crippen LogP contribution is 2.14. The predicted molar refractivity (Wildman–Crippen MR) is 73.6 cm³/mol. The van der Waals surface area contributed by atoms with Crippen molar-refractivity contribution >= 4 is 24.1 Å². The molecule has 0 saturated heterocycles. The molecule has 94 valence electrons. The van der Waals surface area contributed by atoms with Crippen molar-refractivity contribution in [1.82, 2.24) is 5.43 Å². The van der Waals surface area contributed by atoms with Crippen LogP contribution in [0.4, 0.5) is 0 Å². The van der Waals surface area contributed by atoms with Crippen molar-refractivity contribution in [2.45, 2.75) is 0 Å². The van der Waals surface area contributed by atoms with Crippen LogP contribution in [0.5, 0.6) is 0 Å². The Bertz CT molecular complexity index is 626. The Morgan fingerprint density at radius 1 is 0.895 bits per heavy atom. The van der Waals surface area contributed by atoms with Gasteiger partial charge in [-0.05, 0) is 6.07 Å². The van der Waals surface area contributed by atoms with Gasteiger partial charge in [-0.25, -0.2) is 5.43 Å². The second kappa shape index (κ2) is 5.97. The fraction of sp³-hybridized carbons (Fsp3) is 0. The van der Waals surface area contributed by atoms with Crippen molar-refractivity contribution in [2.75, 3.05) is 0 Å². The summed E-state index contributed by atoms with van der Waals surface area (Å²) >= 11 is 4.34. The van der Waals surface area contributed by atoms with Gasteiger partial charge in [0.15, 0.2) is 5.78 Å². The molecular weight excluding hydrogens is 260 g/mol. The van der Waals surface area contributed by atoms with Crippen LogP contribution in [0.1, 0.15) is 26.3 Å². The highest BCUT2D eigenvalue weighted by atomic mass is 32.1. The van der Waals surface area contributed by atoms with Crippen molar-refractivity contribution in [3.05, 3.63) is 71.3 Å². The van der Waals surface area contributed by atoms with Crippen molar-refractivity contribution in [3.63, 3.8) is 0 Å². The average molecular weight is 270 g/mol. The minimum absolute atomic E-state index is 0.212. The third-order valence-corrected chi connectivity index (χ3v) is 2.69. The SMILES string of the molecule is O=C(NN=S)c1ccccc1C(=O)c1ccccc1. The van der Waals surface area contributed by atoms with Gasteiger partial charge in [-0.3, -0.25) is 9.59 Å². The van der Waals surface area contributed by atoms with Gasteiger partial charge < -0.3 is 0 Å². The first kappa shape index (κ1) is 13.0. The molecule has 0 aliphatic rings. The lowest BCUT2D eigenvalue weighted by atomic mass is 9.98. The van der Waals surface area contributed by atoms with Gasteiger partial charge in [0.25, 0.3) is 5.91 Å². The minimum atomic E-state index is -0.491. The van der Waals surface area contributed by atoms with Crippen LogP contribution in [-0.2, 0) is 12.4 Å². The summed E-state index contributed by atoms with van der Waals surface area (Å²) in [5, 5.41) is 0. The summed E-state index contributed by atoms with van der Waals surface area (Å²) in [5.74, 6) is -0.703. The number of carbonyl (C=O) groups excluding carboxylic acids is 2. The van der Waals surface area contributed by atoms with E-state index in [9.17, 15) is 9.59 Å². The third kappa shape index (κ3) is 2.89. The van der Waals surface area contributed by atoms with E-state index < -0.39 is 5.91 Å². The number of hydrogen-bond donors (Lipinski definition) is 1. The maximum absolute atomic E-state index is 12.3. The summed E-state index contributed by atoms with van der Waals surface area (Å²) in [6, 6.07) is 15.3. The molecule has 4 nitrogen and oxygen atoms in total. The van der Waals surface area contributed by atoms with Crippen LogP contribution in [0.2, 0.25) is 0 Å². The summed E-state index contributed by atoms with van der Waals surface area (Å²) in [6.07, 6.45) is 0. The quantitative estimate of drug-likeness (QED) is 0.685. The Kier molecular flexibility index (Phi) is 4.10. The number of nitrogens with zero attached hydrogens (tertiary/aromatic N) is 1. The molecule has 0 spiro atoms. The standard InChI is InChI=1S/C14H10N2O2S/c17-13(10-6-2-1-3-7-10)11-8-4-5-9-12(11)14(18)15-16-19/h1-9H,(H,15,18,19). The van der Waals surface area contributed by atoms with E-state index in [-0.39, 0.29) is 11.3 Å². The van der Waals surface area contributed by atoms with Gasteiger partial charge in [0.2, 0.25) is 0 Å². The van der Waals surface area contributed by atoms with E-state index in [0.29, 0.717) is 11.1 Å². The lowest BCUT2D eigenvalue weighted by Gasteiger charge is -2.06. The molecule has 2 aromatic rings. The molecule has 0 aromatic heterocycles. The lowest BCUT2D eigenvalue weighted by molar-refractivity contribution is 0.0944. The molecule has 0 heterocycles. The molecule has 19 heavy (non-hydrogen) atoms. The van der Waals surface area contributed by atoms with Gasteiger partial charge in [0.05, 0.1) is 18.0 Å². The maximum atomic E-state index is 12.3. The number of nitrogens with one attached hydrogen (secondary N) is 1. The van der Waals surface area contributed by atoms with Crippen molar-refractivity contribution in [2.24, 2.45) is 4.47 Å². The summed E-state index contributed by atoms with van der Waals surface area (Å²) in [7, 11) is 0. The summed E-state index contributed by atoms with van der Waals surface area (Å²) < 4.78 is 3.16. The zero-order valence-electron chi connectivity index (χ0n) is 9.87. The molecule has 2 rings (SSSR count). The molecule has 0 fully saturated rings. The molecule has 5 heteroatoms. The topological polar surface area (TPSA) is 58.5 Å². The molecule has 0 unspecified atom stereocenters. The highest BCUT2D eigenvalue weighted by Gasteiger charge is 2.17. The van der Waals surface area contributed by atoms with E-state index in [1.807, 2.05) is 6.07 Å². The monoisotopic (exact) mass is 270 g/mol. The van der Waals surface area contributed by atoms with E-state index >= 15 is 0 Å². The first-order valence-corrected chi connectivity index (χ1v) is 5.92. The number of rotatable bonds is 4. The molecule has 0 aliphatic carbocycles. The Hall–Kier alpha value is -2.40. The number of amides is 1. The summed E-state index contributed by atoms with van der Waals surface area (Å²) in [5.41, 5.74) is 3.26. The zero-order chi connectivity index (χ0) is 13.7. The molecule has 0 bridgehead atoms. The van der Waals surface area contributed by atoms with Crippen LogP contribution in [0, 0.1) is 0 Å². The van der Waals surface area contributed by atoms with Gasteiger partial charge in [-0.2, -0.15) is 0 Å². The molecular formula is C14H10N2O2S. The Morgan fingerprint density at radius 2 is 1.47 bits per heavy atom. The molecule has 0 radical (unpaired) electrons. The van der Waals surface area contributed by atoms with E-state index in [4.69, 9.17) is 0 Å². The van der Waals surface area contributed by atoms with Gasteiger partial charge in [-0.15, -0.1) is 4.47 Å². The first-order chi connectivity index (χ1) is 9.24. The number of hydrogen-bond acceptors (Lipinski definition) is 4. The molecule has 1 amide bonds. The van der Waals surface area contributed by atoms with Crippen LogP contribution in [0.25, 0.3) is 0 Å². The average Bonchev–Trinajstić information content (AvgIpc) is 2.47. The molecule has 0 aliphatic heterocycles. The van der Waals surface area contributed by atoms with Crippen molar-refractivity contribution in [3.8, 4) is 0 Å². The van der Waals surface area contributed by atoms with Gasteiger partial charge in [0, 0.05) is 11.1 Å². The van der Waals surface area contributed by atoms with Crippen LogP contribution in [0.15, 0.2) is 59.1 Å². The van der Waals surface area contributed by atoms with Crippen molar-refractivity contribution in [1.29, 1.82) is 0 Å². The first-order valence-electron chi connectivity index (χ1n) is 5.55. The Balaban J connectivity index is 2.43. The van der Waals surface area contributed by atoms with E-state index in [1.54, 1.807) is 48.5 Å². The fourth-order valence-electron chi connectivity index (χ4n) is 1.73. The molecule has 1 N–H and O–H groups in total. The Morgan fingerprint density at radius 3 is 2.11 bits per heavy atom. The smallest absolute Gasteiger partial charge is 0.272 e. The van der Waals surface area contributed by atoms with Crippen LogP contribution in [0.3, 0.4) is 0 Å². The van der Waals surface area contributed by atoms with E-state index in [1.165, 1.54) is 0 Å². The molecule has 2 aromatic carbocycles. The lowest BCUT2D eigenvalue weighted by Crippen LogP contribution is -2.20. The second-order valence-corrected chi connectivity index (χ2v) is 3.96. The van der Waals surface area contributed by atoms with Gasteiger partial charge >= 0.3 is 0 Å². The van der Waals surface area contributed by atoms with Crippen LogP contribution < -0.4 is 5.43 Å². The Labute approximate surface area is 115 Å². The predicted octanol–water partition coefficient (Wildman–Crippen LogP) is 2.29. The molecule has 0 saturated carbocycles. The van der Waals surface area contributed by atoms with Gasteiger partial charge in [-0.1, -0.05) is 48.5 Å². The van der Waals surface area contributed by atoms with E-state index in [2.05, 4.69) is 22.3 Å². The van der Waals surface area contributed by atoms with Crippen LogP contribution >= 0.6 is 0 Å². The van der Waals surface area contributed by atoms with Crippen LogP contribution in [-0.4, -0.2) is 11.7 Å². The second-order valence-electron chi connectivity index (χ2n) is 3.77. The number of ketones is 1. The molecule has 0 atom stereocenters.